The highest BCUT2D eigenvalue weighted by atomic mass is 16.6. The third-order valence-corrected chi connectivity index (χ3v) is 2.57. The number of hydrogen-bond acceptors (Lipinski definition) is 5. The van der Waals surface area contributed by atoms with E-state index in [2.05, 4.69) is 49.4 Å². The van der Waals surface area contributed by atoms with Crippen LogP contribution in [0.2, 0.25) is 0 Å². The lowest BCUT2D eigenvalue weighted by molar-refractivity contribution is 0.306. The summed E-state index contributed by atoms with van der Waals surface area (Å²) in [5.41, 5.74) is 3.15. The molecule has 0 aliphatic carbocycles. The van der Waals surface area contributed by atoms with E-state index in [1.165, 1.54) is 11.3 Å². The first kappa shape index (κ1) is 11.4. The molecule has 1 aromatic carbocycles. The maximum atomic E-state index is 4.62. The second-order valence-corrected chi connectivity index (χ2v) is 4.11. The van der Waals surface area contributed by atoms with Crippen LogP contribution in [0.4, 0.5) is 11.5 Å². The summed E-state index contributed by atoms with van der Waals surface area (Å²) in [6.45, 7) is 2.57. The van der Waals surface area contributed by atoms with Gasteiger partial charge in [-0.1, -0.05) is 17.3 Å². The normalized spacial score (nSPS) is 10.3. The predicted molar refractivity (Wildman–Crippen MR) is 67.1 cm³/mol. The molecule has 0 atom stereocenters. The SMILES string of the molecule is Cc1nonc1NCc1ccc(N(C)C)cc1. The van der Waals surface area contributed by atoms with Crippen LogP contribution in [-0.2, 0) is 6.54 Å². The number of aromatic nitrogens is 2. The van der Waals surface area contributed by atoms with Crippen molar-refractivity contribution >= 4 is 11.5 Å². The highest BCUT2D eigenvalue weighted by molar-refractivity contribution is 5.47. The summed E-state index contributed by atoms with van der Waals surface area (Å²) >= 11 is 0. The number of nitrogens with one attached hydrogen (secondary N) is 1. The molecule has 2 rings (SSSR count). The minimum atomic E-state index is 0.696. The summed E-state index contributed by atoms with van der Waals surface area (Å²) in [7, 11) is 4.05. The molecule has 0 fully saturated rings. The molecular weight excluding hydrogens is 216 g/mol. The van der Waals surface area contributed by atoms with E-state index in [0.29, 0.717) is 12.4 Å². The van der Waals surface area contributed by atoms with Gasteiger partial charge >= 0.3 is 0 Å². The van der Waals surface area contributed by atoms with Crippen molar-refractivity contribution in [2.24, 2.45) is 0 Å². The molecule has 0 unspecified atom stereocenters. The zero-order valence-electron chi connectivity index (χ0n) is 10.3. The number of benzene rings is 1. The van der Waals surface area contributed by atoms with Gasteiger partial charge in [-0.25, -0.2) is 4.63 Å². The molecule has 0 saturated heterocycles. The van der Waals surface area contributed by atoms with E-state index in [1.54, 1.807) is 0 Å². The van der Waals surface area contributed by atoms with Crippen LogP contribution >= 0.6 is 0 Å². The molecule has 1 heterocycles. The van der Waals surface area contributed by atoms with Gasteiger partial charge in [0.1, 0.15) is 5.69 Å². The molecule has 0 aliphatic heterocycles. The van der Waals surface area contributed by atoms with Crippen LogP contribution in [0.1, 0.15) is 11.3 Å². The molecular formula is C12H16N4O. The summed E-state index contributed by atoms with van der Waals surface area (Å²) < 4.78 is 4.62. The van der Waals surface area contributed by atoms with Gasteiger partial charge in [0.25, 0.3) is 0 Å². The Morgan fingerprint density at radius 1 is 1.18 bits per heavy atom. The van der Waals surface area contributed by atoms with Crippen molar-refractivity contribution in [3.05, 3.63) is 35.5 Å². The zero-order valence-corrected chi connectivity index (χ0v) is 10.3. The quantitative estimate of drug-likeness (QED) is 0.874. The summed E-state index contributed by atoms with van der Waals surface area (Å²) in [4.78, 5) is 2.07. The Balaban J connectivity index is 1.98. The standard InChI is InChI=1S/C12H16N4O/c1-9-12(15-17-14-9)13-8-10-4-6-11(7-5-10)16(2)3/h4-7H,8H2,1-3H3,(H,13,15). The maximum Gasteiger partial charge on any atom is 0.194 e. The molecule has 90 valence electrons. The first-order chi connectivity index (χ1) is 8.16. The predicted octanol–water partition coefficient (Wildman–Crippen LogP) is 2.06. The van der Waals surface area contributed by atoms with E-state index in [4.69, 9.17) is 0 Å². The lowest BCUT2D eigenvalue weighted by Crippen LogP contribution is -2.08. The molecule has 0 bridgehead atoms. The van der Waals surface area contributed by atoms with E-state index in [0.717, 1.165) is 5.69 Å². The van der Waals surface area contributed by atoms with Crippen LogP contribution in [0, 0.1) is 6.92 Å². The molecule has 17 heavy (non-hydrogen) atoms. The number of anilines is 2. The van der Waals surface area contributed by atoms with Crippen LogP contribution in [0.3, 0.4) is 0 Å². The van der Waals surface area contributed by atoms with Crippen LogP contribution < -0.4 is 10.2 Å². The highest BCUT2D eigenvalue weighted by Gasteiger charge is 2.03. The number of rotatable bonds is 4. The Morgan fingerprint density at radius 3 is 2.41 bits per heavy atom. The van der Waals surface area contributed by atoms with Gasteiger partial charge in [-0.15, -0.1) is 0 Å². The second-order valence-electron chi connectivity index (χ2n) is 4.11. The molecule has 2 aromatic rings. The van der Waals surface area contributed by atoms with Gasteiger partial charge in [0, 0.05) is 26.3 Å². The largest absolute Gasteiger partial charge is 0.378 e. The lowest BCUT2D eigenvalue weighted by Gasteiger charge is -2.12. The van der Waals surface area contributed by atoms with Gasteiger partial charge in [-0.2, -0.15) is 0 Å². The maximum absolute atomic E-state index is 4.62. The van der Waals surface area contributed by atoms with E-state index >= 15 is 0 Å². The summed E-state index contributed by atoms with van der Waals surface area (Å²) in [6, 6.07) is 8.35. The monoisotopic (exact) mass is 232 g/mol. The van der Waals surface area contributed by atoms with Crippen molar-refractivity contribution in [1.82, 2.24) is 10.3 Å². The Bertz CT molecular complexity index is 476. The minimum Gasteiger partial charge on any atom is -0.378 e. The van der Waals surface area contributed by atoms with Gasteiger partial charge in [0.05, 0.1) is 0 Å². The Hall–Kier alpha value is -2.04. The Kier molecular flexibility index (Phi) is 3.27. The van der Waals surface area contributed by atoms with Crippen molar-refractivity contribution in [3.8, 4) is 0 Å². The Morgan fingerprint density at radius 2 is 1.88 bits per heavy atom. The van der Waals surface area contributed by atoms with Crippen LogP contribution in [0.25, 0.3) is 0 Å². The van der Waals surface area contributed by atoms with Crippen molar-refractivity contribution in [2.75, 3.05) is 24.3 Å². The lowest BCUT2D eigenvalue weighted by atomic mass is 10.2. The molecule has 0 aliphatic rings. The van der Waals surface area contributed by atoms with Gasteiger partial charge in [0.15, 0.2) is 5.82 Å². The van der Waals surface area contributed by atoms with E-state index in [1.807, 2.05) is 21.0 Å². The number of aryl methyl sites for hydroxylation is 1. The van der Waals surface area contributed by atoms with Gasteiger partial charge < -0.3 is 10.2 Å². The van der Waals surface area contributed by atoms with Crippen LogP contribution in [0.15, 0.2) is 28.9 Å². The first-order valence-electron chi connectivity index (χ1n) is 5.46. The van der Waals surface area contributed by atoms with Gasteiger partial charge in [-0.3, -0.25) is 0 Å². The van der Waals surface area contributed by atoms with Crippen molar-refractivity contribution in [1.29, 1.82) is 0 Å². The van der Waals surface area contributed by atoms with Crippen LogP contribution in [-0.4, -0.2) is 24.4 Å². The fourth-order valence-corrected chi connectivity index (χ4v) is 1.49. The zero-order chi connectivity index (χ0) is 12.3. The average Bonchev–Trinajstić information content (AvgIpc) is 2.73. The van der Waals surface area contributed by atoms with Crippen LogP contribution in [0.5, 0.6) is 0 Å². The molecule has 1 aromatic heterocycles. The summed E-state index contributed by atoms with van der Waals surface area (Å²) in [5.74, 6) is 0.696. The third kappa shape index (κ3) is 2.75. The molecule has 0 saturated carbocycles. The van der Waals surface area contributed by atoms with Crippen molar-refractivity contribution in [2.45, 2.75) is 13.5 Å². The number of nitrogens with zero attached hydrogens (tertiary/aromatic N) is 3. The average molecular weight is 232 g/mol. The molecule has 0 radical (unpaired) electrons. The van der Waals surface area contributed by atoms with Gasteiger partial charge in [-0.05, 0) is 29.8 Å². The van der Waals surface area contributed by atoms with Crippen molar-refractivity contribution < 1.29 is 4.63 Å². The summed E-state index contributed by atoms with van der Waals surface area (Å²) in [6.07, 6.45) is 0. The van der Waals surface area contributed by atoms with Gasteiger partial charge in [0.2, 0.25) is 0 Å². The van der Waals surface area contributed by atoms with E-state index < -0.39 is 0 Å². The smallest absolute Gasteiger partial charge is 0.194 e. The van der Waals surface area contributed by atoms with E-state index in [9.17, 15) is 0 Å². The molecule has 0 spiro atoms. The Labute approximate surface area is 100 Å². The fourth-order valence-electron chi connectivity index (χ4n) is 1.49. The minimum absolute atomic E-state index is 0.696. The van der Waals surface area contributed by atoms with Crippen molar-refractivity contribution in [3.63, 3.8) is 0 Å². The van der Waals surface area contributed by atoms with E-state index in [-0.39, 0.29) is 0 Å². The molecule has 1 N–H and O–H groups in total. The molecule has 0 amide bonds. The molecule has 5 nitrogen and oxygen atoms in total. The fraction of sp³-hybridized carbons (Fsp3) is 0.333. The molecule has 5 heteroatoms. The topological polar surface area (TPSA) is 54.2 Å². The second kappa shape index (κ2) is 4.86. The first-order valence-corrected chi connectivity index (χ1v) is 5.46. The third-order valence-electron chi connectivity index (χ3n) is 2.57. The highest BCUT2D eigenvalue weighted by Crippen LogP contribution is 2.14. The number of hydrogen-bond donors (Lipinski definition) is 1. The summed E-state index contributed by atoms with van der Waals surface area (Å²) in [5, 5.41) is 10.7.